The van der Waals surface area contributed by atoms with E-state index in [1.165, 1.54) is 30.8 Å². The lowest BCUT2D eigenvalue weighted by Gasteiger charge is -2.26. The zero-order chi connectivity index (χ0) is 15.4. The topological polar surface area (TPSA) is 54.3 Å². The second kappa shape index (κ2) is 7.07. The molecule has 1 aliphatic heterocycles. The molecule has 22 heavy (non-hydrogen) atoms. The van der Waals surface area contributed by atoms with Gasteiger partial charge in [-0.2, -0.15) is 0 Å². The molecule has 0 unspecified atom stereocenters. The van der Waals surface area contributed by atoms with E-state index in [1.54, 1.807) is 3.96 Å². The van der Waals surface area contributed by atoms with Gasteiger partial charge in [0, 0.05) is 13.0 Å². The number of nitrogens with one attached hydrogen (secondary N) is 1. The van der Waals surface area contributed by atoms with Crippen LogP contribution in [0.1, 0.15) is 25.7 Å². The number of carbonyl (C=O) groups excluding carboxylic acids is 1. The molecule has 0 spiro atoms. The van der Waals surface area contributed by atoms with Crippen molar-refractivity contribution in [2.45, 2.75) is 32.2 Å². The molecule has 1 N–H and O–H groups in total. The van der Waals surface area contributed by atoms with Crippen molar-refractivity contribution in [3.8, 4) is 0 Å². The highest BCUT2D eigenvalue weighted by Gasteiger charge is 2.12. The van der Waals surface area contributed by atoms with Crippen LogP contribution in [0.25, 0.3) is 10.1 Å². The van der Waals surface area contributed by atoms with Crippen molar-refractivity contribution in [2.75, 3.05) is 19.8 Å². The molecule has 0 aliphatic carbocycles. The second-order valence-corrected chi connectivity index (χ2v) is 6.74. The number of piperidine rings is 1. The predicted molar refractivity (Wildman–Crippen MR) is 89.1 cm³/mol. The number of benzene rings is 1. The zero-order valence-electron chi connectivity index (χ0n) is 12.6. The first-order valence-corrected chi connectivity index (χ1v) is 8.59. The summed E-state index contributed by atoms with van der Waals surface area (Å²) in [6.45, 7) is 3.20. The maximum Gasteiger partial charge on any atom is 0.268 e. The van der Waals surface area contributed by atoms with E-state index >= 15 is 0 Å². The number of aromatic nitrogens is 1. The summed E-state index contributed by atoms with van der Waals surface area (Å²) >= 11 is 1.43. The molecule has 118 valence electrons. The molecule has 6 heteroatoms. The number of hydrogen-bond acceptors (Lipinski definition) is 4. The average Bonchev–Trinajstić information content (AvgIpc) is 2.88. The van der Waals surface area contributed by atoms with Crippen LogP contribution in [-0.2, 0) is 11.3 Å². The smallest absolute Gasteiger partial charge is 0.268 e. The van der Waals surface area contributed by atoms with E-state index < -0.39 is 0 Å². The number of rotatable bonds is 5. The fourth-order valence-corrected chi connectivity index (χ4v) is 3.77. The standard InChI is InChI=1S/C16H21N3O2S/c20-15(17-12-18-9-4-1-5-10-18)8-11-19-16(21)13-6-2-3-7-14(13)22-19/h2-3,6-7H,1,4-5,8-12H2,(H,17,20). The van der Waals surface area contributed by atoms with E-state index in [4.69, 9.17) is 0 Å². The maximum absolute atomic E-state index is 12.2. The minimum absolute atomic E-state index is 0.00410. The lowest BCUT2D eigenvalue weighted by molar-refractivity contribution is -0.122. The van der Waals surface area contributed by atoms with Crippen LogP contribution in [0.2, 0.25) is 0 Å². The van der Waals surface area contributed by atoms with Crippen molar-refractivity contribution in [2.24, 2.45) is 0 Å². The van der Waals surface area contributed by atoms with E-state index in [0.29, 0.717) is 19.6 Å². The van der Waals surface area contributed by atoms with Gasteiger partial charge in [-0.1, -0.05) is 30.1 Å². The Morgan fingerprint density at radius 1 is 1.18 bits per heavy atom. The number of carbonyl (C=O) groups is 1. The molecular weight excluding hydrogens is 298 g/mol. The number of amides is 1. The molecule has 0 atom stereocenters. The molecule has 0 radical (unpaired) electrons. The first kappa shape index (κ1) is 15.2. The molecule has 3 rings (SSSR count). The first-order valence-electron chi connectivity index (χ1n) is 7.82. The van der Waals surface area contributed by atoms with E-state index in [-0.39, 0.29) is 11.5 Å². The summed E-state index contributed by atoms with van der Waals surface area (Å²) in [5.74, 6) is 0.00919. The molecule has 1 aliphatic rings. The van der Waals surface area contributed by atoms with Gasteiger partial charge < -0.3 is 5.32 Å². The van der Waals surface area contributed by atoms with Gasteiger partial charge >= 0.3 is 0 Å². The maximum atomic E-state index is 12.2. The molecule has 1 amide bonds. The van der Waals surface area contributed by atoms with Crippen molar-refractivity contribution in [1.82, 2.24) is 14.2 Å². The van der Waals surface area contributed by atoms with Crippen LogP contribution in [0.4, 0.5) is 0 Å². The Morgan fingerprint density at radius 3 is 2.73 bits per heavy atom. The van der Waals surface area contributed by atoms with Gasteiger partial charge in [-0.05, 0) is 38.1 Å². The molecule has 2 heterocycles. The Hall–Kier alpha value is -1.66. The summed E-state index contributed by atoms with van der Waals surface area (Å²) in [4.78, 5) is 26.4. The molecule has 1 saturated heterocycles. The van der Waals surface area contributed by atoms with Gasteiger partial charge in [0.05, 0.1) is 16.8 Å². The molecule has 1 aromatic carbocycles. The quantitative estimate of drug-likeness (QED) is 0.917. The molecule has 0 saturated carbocycles. The summed E-state index contributed by atoms with van der Waals surface area (Å²) in [5.41, 5.74) is 0.00410. The van der Waals surface area contributed by atoms with Crippen molar-refractivity contribution in [1.29, 1.82) is 0 Å². The fourth-order valence-electron chi connectivity index (χ4n) is 2.77. The highest BCUT2D eigenvalue weighted by atomic mass is 32.1. The summed E-state index contributed by atoms with van der Waals surface area (Å²) in [6.07, 6.45) is 4.07. The van der Waals surface area contributed by atoms with Crippen LogP contribution in [0.3, 0.4) is 0 Å². The summed E-state index contributed by atoms with van der Waals surface area (Å²) in [7, 11) is 0. The fraction of sp³-hybridized carbons (Fsp3) is 0.500. The normalized spacial score (nSPS) is 16.0. The van der Waals surface area contributed by atoms with Crippen molar-refractivity contribution in [3.05, 3.63) is 34.6 Å². The Morgan fingerprint density at radius 2 is 1.95 bits per heavy atom. The zero-order valence-corrected chi connectivity index (χ0v) is 13.4. The van der Waals surface area contributed by atoms with Crippen LogP contribution in [0.5, 0.6) is 0 Å². The first-order chi connectivity index (χ1) is 10.7. The van der Waals surface area contributed by atoms with Crippen LogP contribution in [0.15, 0.2) is 29.1 Å². The average molecular weight is 319 g/mol. The molecule has 5 nitrogen and oxygen atoms in total. The molecular formula is C16H21N3O2S. The SMILES string of the molecule is O=C(CCn1sc2ccccc2c1=O)NCN1CCCCC1. The van der Waals surface area contributed by atoms with Crippen LogP contribution >= 0.6 is 11.5 Å². The van der Waals surface area contributed by atoms with Gasteiger partial charge in [0.15, 0.2) is 0 Å². The summed E-state index contributed by atoms with van der Waals surface area (Å²) in [6, 6.07) is 7.56. The van der Waals surface area contributed by atoms with E-state index in [0.717, 1.165) is 23.2 Å². The van der Waals surface area contributed by atoms with Gasteiger partial charge in [0.1, 0.15) is 0 Å². The minimum Gasteiger partial charge on any atom is -0.343 e. The van der Waals surface area contributed by atoms with Crippen LogP contribution in [-0.4, -0.2) is 34.5 Å². The van der Waals surface area contributed by atoms with Gasteiger partial charge in [0.2, 0.25) is 5.91 Å². The van der Waals surface area contributed by atoms with Gasteiger partial charge in [-0.25, -0.2) is 0 Å². The third-order valence-corrected chi connectivity index (χ3v) is 5.16. The van der Waals surface area contributed by atoms with Gasteiger partial charge in [-0.3, -0.25) is 18.4 Å². The highest BCUT2D eigenvalue weighted by molar-refractivity contribution is 7.13. The van der Waals surface area contributed by atoms with E-state index in [9.17, 15) is 9.59 Å². The Balaban J connectivity index is 1.51. The number of hydrogen-bond donors (Lipinski definition) is 1. The summed E-state index contributed by atoms with van der Waals surface area (Å²) in [5, 5.41) is 3.69. The largest absolute Gasteiger partial charge is 0.343 e. The van der Waals surface area contributed by atoms with Crippen LogP contribution < -0.4 is 10.9 Å². The molecule has 2 aromatic rings. The van der Waals surface area contributed by atoms with Crippen molar-refractivity contribution in [3.63, 3.8) is 0 Å². The number of nitrogens with zero attached hydrogens (tertiary/aromatic N) is 2. The predicted octanol–water partition coefficient (Wildman–Crippen LogP) is 2.01. The Kier molecular flexibility index (Phi) is 4.90. The number of likely N-dealkylation sites (tertiary alicyclic amines) is 1. The second-order valence-electron chi connectivity index (χ2n) is 5.68. The van der Waals surface area contributed by atoms with Crippen LogP contribution in [0, 0.1) is 0 Å². The Labute approximate surface area is 133 Å². The van der Waals surface area contributed by atoms with Crippen molar-refractivity contribution < 1.29 is 4.79 Å². The molecule has 1 aromatic heterocycles. The summed E-state index contributed by atoms with van der Waals surface area (Å²) < 4.78 is 2.65. The van der Waals surface area contributed by atoms with Gasteiger partial charge in [0.25, 0.3) is 5.56 Å². The van der Waals surface area contributed by atoms with E-state index in [1.807, 2.05) is 24.3 Å². The molecule has 1 fully saturated rings. The van der Waals surface area contributed by atoms with Crippen molar-refractivity contribution >= 4 is 27.5 Å². The molecule has 0 bridgehead atoms. The van der Waals surface area contributed by atoms with Gasteiger partial charge in [-0.15, -0.1) is 0 Å². The number of fused-ring (bicyclic) bond motifs is 1. The third kappa shape index (κ3) is 3.56. The lowest BCUT2D eigenvalue weighted by Crippen LogP contribution is -2.40. The van der Waals surface area contributed by atoms with E-state index in [2.05, 4.69) is 10.2 Å². The highest BCUT2D eigenvalue weighted by Crippen LogP contribution is 2.16. The Bertz CT molecular complexity index is 701. The monoisotopic (exact) mass is 319 g/mol. The third-order valence-electron chi connectivity index (χ3n) is 4.04. The minimum atomic E-state index is 0.00410. The lowest BCUT2D eigenvalue weighted by atomic mass is 10.1. The number of aryl methyl sites for hydroxylation is 1.